The van der Waals surface area contributed by atoms with Gasteiger partial charge < -0.3 is 9.47 Å². The van der Waals surface area contributed by atoms with Crippen LogP contribution in [0.25, 0.3) is 0 Å². The zero-order chi connectivity index (χ0) is 22.9. The van der Waals surface area contributed by atoms with Gasteiger partial charge in [-0.05, 0) is 30.7 Å². The molecule has 0 N–H and O–H groups in total. The van der Waals surface area contributed by atoms with Crippen molar-refractivity contribution in [1.82, 2.24) is 0 Å². The van der Waals surface area contributed by atoms with Gasteiger partial charge in [0, 0.05) is 12.1 Å². The maximum absolute atomic E-state index is 12.9. The second kappa shape index (κ2) is 8.00. The first-order valence-corrected chi connectivity index (χ1v) is 7.67. The number of nitro benzene ring substituents is 1. The van der Waals surface area contributed by atoms with Gasteiger partial charge in [0.2, 0.25) is 0 Å². The van der Waals surface area contributed by atoms with E-state index in [0.717, 1.165) is 19.1 Å². The molecular weight excluding hydrogens is 428 g/mol. The average molecular weight is 437 g/mol. The number of benzene rings is 2. The Kier molecular flexibility index (Phi) is 6.04. The van der Waals surface area contributed by atoms with Crippen LogP contribution in [0.4, 0.5) is 32.0 Å². The molecule has 0 unspecified atom stereocenters. The Morgan fingerprint density at radius 1 is 0.833 bits per heavy atom. The number of carbonyl (C=O) groups excluding carboxylic acids is 2. The zero-order valence-corrected chi connectivity index (χ0v) is 14.6. The number of alkyl halides is 6. The second-order valence-electron chi connectivity index (χ2n) is 5.69. The molecule has 2 rings (SSSR count). The Labute approximate surface area is 163 Å². The molecule has 0 radical (unpaired) electrons. The fraction of sp³-hybridized carbons (Fsp3) is 0.176. The van der Waals surface area contributed by atoms with Crippen LogP contribution in [0.1, 0.15) is 16.7 Å². The van der Waals surface area contributed by atoms with E-state index in [0.29, 0.717) is 18.2 Å². The minimum Gasteiger partial charge on any atom is -0.418 e. The van der Waals surface area contributed by atoms with Crippen molar-refractivity contribution in [3.63, 3.8) is 0 Å². The summed E-state index contributed by atoms with van der Waals surface area (Å²) < 4.78 is 86.2. The first-order valence-electron chi connectivity index (χ1n) is 7.67. The van der Waals surface area contributed by atoms with Gasteiger partial charge in [-0.2, -0.15) is 26.3 Å². The summed E-state index contributed by atoms with van der Waals surface area (Å²) in [4.78, 5) is 32.8. The van der Waals surface area contributed by atoms with Crippen molar-refractivity contribution in [3.05, 3.63) is 63.2 Å². The molecule has 2 aromatic rings. The van der Waals surface area contributed by atoms with Crippen LogP contribution in [0.5, 0.6) is 11.5 Å². The molecule has 0 saturated heterocycles. The molecule has 0 fully saturated rings. The van der Waals surface area contributed by atoms with Crippen LogP contribution in [0.2, 0.25) is 0 Å². The van der Waals surface area contributed by atoms with Crippen molar-refractivity contribution in [1.29, 1.82) is 0 Å². The smallest absolute Gasteiger partial charge is 0.418 e. The lowest BCUT2D eigenvalue weighted by atomic mass is 10.1. The van der Waals surface area contributed by atoms with Crippen LogP contribution in [0, 0.1) is 17.0 Å². The summed E-state index contributed by atoms with van der Waals surface area (Å²) >= 11 is 0. The van der Waals surface area contributed by atoms with Gasteiger partial charge >= 0.3 is 24.3 Å². The van der Waals surface area contributed by atoms with Gasteiger partial charge in [-0.15, -0.1) is 0 Å². The van der Waals surface area contributed by atoms with Crippen LogP contribution in [-0.4, -0.2) is 16.9 Å². The molecule has 0 saturated carbocycles. The molecule has 0 bridgehead atoms. The van der Waals surface area contributed by atoms with E-state index in [1.54, 1.807) is 0 Å². The average Bonchev–Trinajstić information content (AvgIpc) is 2.61. The van der Waals surface area contributed by atoms with Crippen molar-refractivity contribution in [3.8, 4) is 11.5 Å². The Hall–Kier alpha value is -3.64. The van der Waals surface area contributed by atoms with Gasteiger partial charge in [-0.25, -0.2) is 9.59 Å². The highest BCUT2D eigenvalue weighted by Crippen LogP contribution is 2.38. The highest BCUT2D eigenvalue weighted by atomic mass is 19.4. The van der Waals surface area contributed by atoms with E-state index in [2.05, 4.69) is 9.47 Å². The maximum Gasteiger partial charge on any atom is 0.423 e. The van der Waals surface area contributed by atoms with E-state index in [1.165, 1.54) is 0 Å². The standard InChI is InChI=1S/C17H9F6NO6/c1-8-2-3-9(6-11(8)16(18,19)20)29-14(25)15(26)30-10-4-5-13(24(27)28)12(7-10)17(21,22)23/h2-7H,1H3. The minimum absolute atomic E-state index is 0.122. The van der Waals surface area contributed by atoms with E-state index in [9.17, 15) is 46.0 Å². The summed E-state index contributed by atoms with van der Waals surface area (Å²) in [6.07, 6.45) is -9.93. The molecule has 0 aliphatic rings. The second-order valence-corrected chi connectivity index (χ2v) is 5.69. The SMILES string of the molecule is Cc1ccc(OC(=O)C(=O)Oc2ccc([N+](=O)[O-])c(C(F)(F)F)c2)cc1C(F)(F)F. The first-order chi connectivity index (χ1) is 13.7. The van der Waals surface area contributed by atoms with Crippen LogP contribution in [0.15, 0.2) is 36.4 Å². The summed E-state index contributed by atoms with van der Waals surface area (Å²) in [6.45, 7) is 1.15. The molecule has 160 valence electrons. The summed E-state index contributed by atoms with van der Waals surface area (Å²) in [5.41, 5.74) is -4.37. The van der Waals surface area contributed by atoms with E-state index in [4.69, 9.17) is 0 Å². The fourth-order valence-electron chi connectivity index (χ4n) is 2.23. The van der Waals surface area contributed by atoms with Gasteiger partial charge in [-0.3, -0.25) is 10.1 Å². The lowest BCUT2D eigenvalue weighted by Crippen LogP contribution is -2.25. The van der Waals surface area contributed by atoms with E-state index < -0.39 is 57.5 Å². The van der Waals surface area contributed by atoms with Gasteiger partial charge in [-0.1, -0.05) is 6.07 Å². The Balaban J connectivity index is 2.21. The van der Waals surface area contributed by atoms with Crippen molar-refractivity contribution >= 4 is 17.6 Å². The number of hydrogen-bond donors (Lipinski definition) is 0. The Morgan fingerprint density at radius 2 is 1.27 bits per heavy atom. The van der Waals surface area contributed by atoms with E-state index >= 15 is 0 Å². The minimum atomic E-state index is -5.17. The molecule has 0 spiro atoms. The largest absolute Gasteiger partial charge is 0.423 e. The third kappa shape index (κ3) is 5.24. The molecule has 30 heavy (non-hydrogen) atoms. The number of hydrogen-bond acceptors (Lipinski definition) is 6. The third-order valence-corrected chi connectivity index (χ3v) is 3.57. The number of esters is 2. The molecule has 0 amide bonds. The molecular formula is C17H9F6NO6. The normalized spacial score (nSPS) is 11.7. The number of ether oxygens (including phenoxy) is 2. The van der Waals surface area contributed by atoms with Crippen LogP contribution >= 0.6 is 0 Å². The molecule has 0 aliphatic heterocycles. The van der Waals surface area contributed by atoms with Gasteiger partial charge in [0.1, 0.15) is 17.1 Å². The van der Waals surface area contributed by atoms with E-state index in [1.807, 2.05) is 0 Å². The van der Waals surface area contributed by atoms with Gasteiger partial charge in [0.15, 0.2) is 0 Å². The number of halogens is 6. The number of carbonyl (C=O) groups is 2. The zero-order valence-electron chi connectivity index (χ0n) is 14.6. The highest BCUT2D eigenvalue weighted by Gasteiger charge is 2.39. The van der Waals surface area contributed by atoms with Crippen LogP contribution in [0.3, 0.4) is 0 Å². The lowest BCUT2D eigenvalue weighted by Gasteiger charge is -2.12. The molecule has 7 nitrogen and oxygen atoms in total. The summed E-state index contributed by atoms with van der Waals surface area (Å²) in [6, 6.07) is 3.55. The van der Waals surface area contributed by atoms with Crippen LogP contribution in [-0.2, 0) is 21.9 Å². The van der Waals surface area contributed by atoms with Crippen molar-refractivity contribution in [2.45, 2.75) is 19.3 Å². The maximum atomic E-state index is 12.9. The number of rotatable bonds is 3. The Morgan fingerprint density at radius 3 is 1.70 bits per heavy atom. The summed E-state index contributed by atoms with van der Waals surface area (Å²) in [5.74, 6) is -5.20. The molecule has 2 aromatic carbocycles. The monoisotopic (exact) mass is 437 g/mol. The molecule has 0 heterocycles. The van der Waals surface area contributed by atoms with Gasteiger partial charge in [0.25, 0.3) is 5.69 Å². The third-order valence-electron chi connectivity index (χ3n) is 3.57. The van der Waals surface area contributed by atoms with E-state index in [-0.39, 0.29) is 11.6 Å². The van der Waals surface area contributed by atoms with Crippen LogP contribution < -0.4 is 9.47 Å². The quantitative estimate of drug-likeness (QED) is 0.176. The molecule has 0 aromatic heterocycles. The number of nitro groups is 1. The highest BCUT2D eigenvalue weighted by molar-refractivity contribution is 6.31. The summed E-state index contributed by atoms with van der Waals surface area (Å²) in [5, 5.41) is 10.7. The predicted molar refractivity (Wildman–Crippen MR) is 85.5 cm³/mol. The number of aryl methyl sites for hydroxylation is 1. The lowest BCUT2D eigenvalue weighted by molar-refractivity contribution is -0.388. The number of nitrogens with zero attached hydrogens (tertiary/aromatic N) is 1. The Bertz CT molecular complexity index is 1010. The molecule has 13 heteroatoms. The fourth-order valence-corrected chi connectivity index (χ4v) is 2.23. The summed E-state index contributed by atoms with van der Waals surface area (Å²) in [7, 11) is 0. The first kappa shape index (κ1) is 22.6. The van der Waals surface area contributed by atoms with Crippen molar-refractivity contribution in [2.75, 3.05) is 0 Å². The molecule has 0 aliphatic carbocycles. The molecule has 0 atom stereocenters. The topological polar surface area (TPSA) is 95.7 Å². The predicted octanol–water partition coefficient (Wildman–Crippen LogP) is 4.45. The van der Waals surface area contributed by atoms with Crippen molar-refractivity contribution < 1.29 is 50.3 Å². The van der Waals surface area contributed by atoms with Crippen molar-refractivity contribution in [2.24, 2.45) is 0 Å². The van der Waals surface area contributed by atoms with Gasteiger partial charge in [0.05, 0.1) is 10.5 Å².